The summed E-state index contributed by atoms with van der Waals surface area (Å²) in [7, 11) is 0. The highest BCUT2D eigenvalue weighted by Crippen LogP contribution is 2.49. The Bertz CT molecular complexity index is 1340. The Balaban J connectivity index is 1.60. The van der Waals surface area contributed by atoms with Crippen molar-refractivity contribution in [3.63, 3.8) is 0 Å². The van der Waals surface area contributed by atoms with Gasteiger partial charge in [0.1, 0.15) is 5.75 Å². The summed E-state index contributed by atoms with van der Waals surface area (Å²) < 4.78 is 12.9. The van der Waals surface area contributed by atoms with Gasteiger partial charge >= 0.3 is 0 Å². The number of carbonyl (C=O) groups is 2. The number of aliphatic hydroxyl groups is 1. The molecule has 0 bridgehead atoms. The van der Waals surface area contributed by atoms with Crippen molar-refractivity contribution in [2.24, 2.45) is 4.99 Å². The maximum absolute atomic E-state index is 14.1. The fraction of sp³-hybridized carbons (Fsp3) is 0.250. The minimum absolute atomic E-state index is 0.0652. The Morgan fingerprint density at radius 1 is 1.14 bits per heavy atom. The highest BCUT2D eigenvalue weighted by molar-refractivity contribution is 9.10. The third-order valence-electron chi connectivity index (χ3n) is 6.41. The average molecular weight is 549 g/mol. The SMILES string of the molecule is CC(=O)N1C(=O)[C@@]2(Cc3ccccc31)N=C(c1ccc(OCCCO)cc1)O[C@H]2c1ccccc1Br. The number of hydrogen-bond acceptors (Lipinski definition) is 6. The minimum Gasteiger partial charge on any atom is -0.494 e. The van der Waals surface area contributed by atoms with E-state index in [2.05, 4.69) is 15.9 Å². The van der Waals surface area contributed by atoms with E-state index in [1.807, 2.05) is 54.6 Å². The highest BCUT2D eigenvalue weighted by atomic mass is 79.9. The lowest BCUT2D eigenvalue weighted by Gasteiger charge is -2.39. The fourth-order valence-corrected chi connectivity index (χ4v) is 5.21. The van der Waals surface area contributed by atoms with Crippen LogP contribution in [0.5, 0.6) is 5.75 Å². The number of para-hydroxylation sites is 1. The van der Waals surface area contributed by atoms with Crippen molar-refractivity contribution < 1.29 is 24.2 Å². The van der Waals surface area contributed by atoms with Crippen LogP contribution in [0.1, 0.15) is 36.1 Å². The van der Waals surface area contributed by atoms with Gasteiger partial charge in [0, 0.05) is 42.0 Å². The summed E-state index contributed by atoms with van der Waals surface area (Å²) in [6.07, 6.45) is 0.0967. The first kappa shape index (κ1) is 24.2. The van der Waals surface area contributed by atoms with Crippen LogP contribution in [0, 0.1) is 0 Å². The molecule has 0 fully saturated rings. The Kier molecular flexibility index (Phi) is 6.64. The van der Waals surface area contributed by atoms with Gasteiger partial charge in [-0.05, 0) is 42.0 Å². The van der Waals surface area contributed by atoms with Gasteiger partial charge < -0.3 is 14.6 Å². The van der Waals surface area contributed by atoms with Crippen LogP contribution < -0.4 is 9.64 Å². The second-order valence-electron chi connectivity index (χ2n) is 8.78. The number of benzene rings is 3. The predicted octanol–water partition coefficient (Wildman–Crippen LogP) is 4.60. The molecule has 3 aromatic carbocycles. The van der Waals surface area contributed by atoms with Gasteiger partial charge in [0.2, 0.25) is 11.8 Å². The zero-order valence-electron chi connectivity index (χ0n) is 19.7. The van der Waals surface area contributed by atoms with E-state index in [-0.39, 0.29) is 12.5 Å². The number of anilines is 1. The molecule has 2 aliphatic rings. The lowest BCUT2D eigenvalue weighted by molar-refractivity contribution is -0.131. The van der Waals surface area contributed by atoms with E-state index in [0.29, 0.717) is 42.3 Å². The van der Waals surface area contributed by atoms with Crippen LogP contribution in [0.25, 0.3) is 0 Å². The van der Waals surface area contributed by atoms with E-state index in [1.165, 1.54) is 11.8 Å². The Hall–Kier alpha value is -3.49. The first-order valence-corrected chi connectivity index (χ1v) is 12.5. The van der Waals surface area contributed by atoms with Crippen LogP contribution in [-0.4, -0.2) is 41.6 Å². The monoisotopic (exact) mass is 548 g/mol. The number of halogens is 1. The number of nitrogens with zero attached hydrogens (tertiary/aromatic N) is 2. The van der Waals surface area contributed by atoms with Crippen molar-refractivity contribution in [2.45, 2.75) is 31.4 Å². The van der Waals surface area contributed by atoms with Crippen LogP contribution in [0.15, 0.2) is 82.3 Å². The summed E-state index contributed by atoms with van der Waals surface area (Å²) in [6, 6.07) is 22.2. The smallest absolute Gasteiger partial charge is 0.266 e. The molecule has 0 unspecified atom stereocenters. The topological polar surface area (TPSA) is 88.4 Å². The van der Waals surface area contributed by atoms with Gasteiger partial charge in [-0.2, -0.15) is 0 Å². The molecule has 7 nitrogen and oxygen atoms in total. The van der Waals surface area contributed by atoms with Gasteiger partial charge in [-0.15, -0.1) is 0 Å². The average Bonchev–Trinajstić information content (AvgIpc) is 3.25. The van der Waals surface area contributed by atoms with E-state index in [1.54, 1.807) is 18.2 Å². The molecule has 0 radical (unpaired) electrons. The fourth-order valence-electron chi connectivity index (χ4n) is 4.72. The van der Waals surface area contributed by atoms with Gasteiger partial charge in [0.05, 0.1) is 12.3 Å². The molecule has 0 saturated heterocycles. The summed E-state index contributed by atoms with van der Waals surface area (Å²) in [6.45, 7) is 1.86. The molecular formula is C28H25BrN2O5. The second-order valence-corrected chi connectivity index (χ2v) is 9.63. The Labute approximate surface area is 217 Å². The number of hydrogen-bond donors (Lipinski definition) is 1. The van der Waals surface area contributed by atoms with E-state index in [0.717, 1.165) is 15.6 Å². The van der Waals surface area contributed by atoms with E-state index in [4.69, 9.17) is 19.6 Å². The molecule has 184 valence electrons. The van der Waals surface area contributed by atoms with Crippen LogP contribution >= 0.6 is 15.9 Å². The van der Waals surface area contributed by atoms with Crippen molar-refractivity contribution >= 4 is 39.3 Å². The Morgan fingerprint density at radius 2 is 1.86 bits per heavy atom. The van der Waals surface area contributed by atoms with Crippen molar-refractivity contribution in [3.8, 4) is 5.75 Å². The lowest BCUT2D eigenvalue weighted by atomic mass is 9.78. The van der Waals surface area contributed by atoms with Crippen LogP contribution in [0.3, 0.4) is 0 Å². The maximum Gasteiger partial charge on any atom is 0.266 e. The molecule has 36 heavy (non-hydrogen) atoms. The van der Waals surface area contributed by atoms with Gasteiger partial charge in [0.15, 0.2) is 11.6 Å². The third-order valence-corrected chi connectivity index (χ3v) is 7.13. The summed E-state index contributed by atoms with van der Waals surface area (Å²) in [5.74, 6) is 0.209. The number of fused-ring (bicyclic) bond motifs is 1. The molecule has 2 heterocycles. The second kappa shape index (κ2) is 9.87. The molecule has 2 aliphatic heterocycles. The first-order chi connectivity index (χ1) is 17.4. The third kappa shape index (κ3) is 4.20. The van der Waals surface area contributed by atoms with Crippen molar-refractivity contribution in [2.75, 3.05) is 18.1 Å². The van der Waals surface area contributed by atoms with Crippen molar-refractivity contribution in [1.29, 1.82) is 0 Å². The molecule has 8 heteroatoms. The van der Waals surface area contributed by atoms with Crippen LogP contribution in [0.2, 0.25) is 0 Å². The lowest BCUT2D eigenvalue weighted by Crippen LogP contribution is -2.56. The molecule has 2 amide bonds. The van der Waals surface area contributed by atoms with Crippen LogP contribution in [-0.2, 0) is 20.7 Å². The summed E-state index contributed by atoms with van der Waals surface area (Å²) >= 11 is 3.61. The molecule has 0 saturated carbocycles. The van der Waals surface area contributed by atoms with Gasteiger partial charge in [-0.1, -0.05) is 52.3 Å². The van der Waals surface area contributed by atoms with Gasteiger partial charge in [-0.3, -0.25) is 9.59 Å². The minimum atomic E-state index is -1.35. The first-order valence-electron chi connectivity index (χ1n) is 11.7. The molecule has 5 rings (SSSR count). The molecule has 0 aliphatic carbocycles. The quantitative estimate of drug-likeness (QED) is 0.454. The van der Waals surface area contributed by atoms with E-state index in [9.17, 15) is 9.59 Å². The van der Waals surface area contributed by atoms with E-state index < -0.39 is 17.6 Å². The highest BCUT2D eigenvalue weighted by Gasteiger charge is 2.58. The summed E-state index contributed by atoms with van der Waals surface area (Å²) in [5.41, 5.74) is 1.55. The number of carbonyl (C=O) groups excluding carboxylic acids is 2. The molecule has 3 aromatic rings. The number of rotatable bonds is 6. The van der Waals surface area contributed by atoms with Gasteiger partial charge in [0.25, 0.3) is 5.91 Å². The summed E-state index contributed by atoms with van der Waals surface area (Å²) in [5, 5.41) is 8.96. The Morgan fingerprint density at radius 3 is 2.58 bits per heavy atom. The molecule has 2 atom stereocenters. The van der Waals surface area contributed by atoms with Crippen molar-refractivity contribution in [1.82, 2.24) is 0 Å². The zero-order chi connectivity index (χ0) is 25.3. The van der Waals surface area contributed by atoms with Crippen molar-refractivity contribution in [3.05, 3.63) is 94.0 Å². The summed E-state index contributed by atoms with van der Waals surface area (Å²) in [4.78, 5) is 32.9. The standard InChI is InChI=1S/C28H25BrN2O5/c1-18(33)31-24-10-5-2-7-20(24)17-28(27(31)34)25(22-8-3-4-9-23(22)29)36-26(30-28)19-11-13-21(14-12-19)35-16-6-15-32/h2-5,7-14,25,32H,6,15-17H2,1H3/t25-,28-/m0/s1. The maximum atomic E-state index is 14.1. The normalized spacial score (nSPS) is 20.6. The molecule has 0 aromatic heterocycles. The number of aliphatic hydroxyl groups excluding tert-OH is 1. The number of aliphatic imine (C=N–C) groups is 1. The predicted molar refractivity (Wildman–Crippen MR) is 139 cm³/mol. The van der Waals surface area contributed by atoms with Crippen LogP contribution in [0.4, 0.5) is 5.69 Å². The number of ether oxygens (including phenoxy) is 2. The van der Waals surface area contributed by atoms with E-state index >= 15 is 0 Å². The zero-order valence-corrected chi connectivity index (χ0v) is 21.3. The molecule has 1 N–H and O–H groups in total. The molecule has 1 spiro atoms. The number of imide groups is 1. The number of amides is 2. The van der Waals surface area contributed by atoms with Gasteiger partial charge in [-0.25, -0.2) is 9.89 Å². The largest absolute Gasteiger partial charge is 0.494 e. The molecular weight excluding hydrogens is 524 g/mol.